The van der Waals surface area contributed by atoms with Crippen LogP contribution in [0, 0.1) is 6.92 Å². The van der Waals surface area contributed by atoms with Gasteiger partial charge in [-0.3, -0.25) is 9.36 Å². The van der Waals surface area contributed by atoms with E-state index in [1.807, 2.05) is 43.3 Å². The molecule has 2 aromatic carbocycles. The maximum Gasteiger partial charge on any atom is 0.266 e. The highest BCUT2D eigenvalue weighted by atomic mass is 16.5. The van der Waals surface area contributed by atoms with Crippen molar-refractivity contribution in [2.24, 2.45) is 0 Å². The average Bonchev–Trinajstić information content (AvgIpc) is 2.47. The molecule has 0 atom stereocenters. The second-order valence-corrected chi connectivity index (χ2v) is 4.95. The van der Waals surface area contributed by atoms with Crippen molar-refractivity contribution >= 4 is 10.9 Å². The predicted octanol–water partition coefficient (Wildman–Crippen LogP) is 2.59. The Bertz CT molecular complexity index is 897. The molecule has 4 heteroatoms. The first-order chi connectivity index (χ1) is 9.74. The van der Waals surface area contributed by atoms with Crippen LogP contribution in [0.4, 0.5) is 0 Å². The summed E-state index contributed by atoms with van der Waals surface area (Å²) in [4.78, 5) is 17.2. The lowest BCUT2D eigenvalue weighted by Gasteiger charge is -2.22. The lowest BCUT2D eigenvalue weighted by atomic mass is 10.1. The smallest absolute Gasteiger partial charge is 0.266 e. The minimum Gasteiger partial charge on any atom is -0.483 e. The summed E-state index contributed by atoms with van der Waals surface area (Å²) in [6.07, 6.45) is 0. The molecule has 20 heavy (non-hydrogen) atoms. The van der Waals surface area contributed by atoms with Gasteiger partial charge in [-0.25, -0.2) is 4.98 Å². The van der Waals surface area contributed by atoms with E-state index in [9.17, 15) is 4.79 Å². The highest BCUT2D eigenvalue weighted by molar-refractivity contribution is 5.78. The van der Waals surface area contributed by atoms with Crippen LogP contribution in [-0.2, 0) is 6.61 Å². The third kappa shape index (κ3) is 1.48. The van der Waals surface area contributed by atoms with Crippen molar-refractivity contribution in [1.82, 2.24) is 9.55 Å². The van der Waals surface area contributed by atoms with E-state index < -0.39 is 0 Å². The Morgan fingerprint density at radius 1 is 1.20 bits per heavy atom. The zero-order chi connectivity index (χ0) is 13.7. The Balaban J connectivity index is 2.12. The lowest BCUT2D eigenvalue weighted by molar-refractivity contribution is 0.276. The van der Waals surface area contributed by atoms with Crippen LogP contribution in [0.3, 0.4) is 0 Å². The fourth-order valence-corrected chi connectivity index (χ4v) is 2.59. The van der Waals surface area contributed by atoms with E-state index in [1.54, 1.807) is 10.6 Å². The van der Waals surface area contributed by atoms with E-state index in [4.69, 9.17) is 4.74 Å². The predicted molar refractivity (Wildman–Crippen MR) is 76.4 cm³/mol. The van der Waals surface area contributed by atoms with Gasteiger partial charge in [0.05, 0.1) is 16.6 Å². The number of para-hydroxylation sites is 1. The zero-order valence-electron chi connectivity index (χ0n) is 11.0. The van der Waals surface area contributed by atoms with Crippen molar-refractivity contribution in [3.63, 3.8) is 0 Å². The zero-order valence-corrected chi connectivity index (χ0v) is 11.0. The molecule has 0 fully saturated rings. The van der Waals surface area contributed by atoms with E-state index in [1.165, 1.54) is 0 Å². The van der Waals surface area contributed by atoms with Crippen LogP contribution in [0.1, 0.15) is 11.4 Å². The Labute approximate surface area is 115 Å². The van der Waals surface area contributed by atoms with E-state index in [-0.39, 0.29) is 5.56 Å². The molecule has 3 aromatic rings. The summed E-state index contributed by atoms with van der Waals surface area (Å²) in [6.45, 7) is 2.32. The Morgan fingerprint density at radius 2 is 2.05 bits per heavy atom. The summed E-state index contributed by atoms with van der Waals surface area (Å²) in [7, 11) is 0. The summed E-state index contributed by atoms with van der Waals surface area (Å²) >= 11 is 0. The molecule has 0 bridgehead atoms. The van der Waals surface area contributed by atoms with Gasteiger partial charge in [0.1, 0.15) is 12.4 Å². The van der Waals surface area contributed by atoms with Crippen molar-refractivity contribution in [2.45, 2.75) is 13.5 Å². The van der Waals surface area contributed by atoms with E-state index >= 15 is 0 Å². The molecule has 0 aliphatic carbocycles. The van der Waals surface area contributed by atoms with Gasteiger partial charge in [-0.15, -0.1) is 0 Å². The number of hydrogen-bond donors (Lipinski definition) is 0. The van der Waals surface area contributed by atoms with Crippen LogP contribution in [0.25, 0.3) is 16.6 Å². The molecule has 1 aliphatic heterocycles. The number of aromatic nitrogens is 2. The Morgan fingerprint density at radius 3 is 2.95 bits per heavy atom. The second kappa shape index (κ2) is 3.93. The lowest BCUT2D eigenvalue weighted by Crippen LogP contribution is -2.28. The maximum atomic E-state index is 12.7. The van der Waals surface area contributed by atoms with Crippen LogP contribution >= 0.6 is 0 Å². The molecule has 1 aromatic heterocycles. The molecule has 0 amide bonds. The fourth-order valence-electron chi connectivity index (χ4n) is 2.59. The molecule has 4 rings (SSSR count). The first-order valence-electron chi connectivity index (χ1n) is 6.48. The van der Waals surface area contributed by atoms with Gasteiger partial charge in [-0.1, -0.05) is 18.2 Å². The van der Waals surface area contributed by atoms with Crippen molar-refractivity contribution < 1.29 is 4.74 Å². The molecular weight excluding hydrogens is 252 g/mol. The van der Waals surface area contributed by atoms with Gasteiger partial charge in [-0.05, 0) is 36.8 Å². The van der Waals surface area contributed by atoms with Gasteiger partial charge in [0.25, 0.3) is 5.56 Å². The molecule has 0 radical (unpaired) electrons. The number of benzene rings is 2. The molecule has 1 aliphatic rings. The first kappa shape index (κ1) is 11.2. The van der Waals surface area contributed by atoms with Crippen molar-refractivity contribution in [2.75, 3.05) is 0 Å². The number of rotatable bonds is 0. The van der Waals surface area contributed by atoms with Crippen LogP contribution in [0.2, 0.25) is 0 Å². The number of nitrogens with zero attached hydrogens (tertiary/aromatic N) is 2. The highest BCUT2D eigenvalue weighted by Crippen LogP contribution is 2.29. The SMILES string of the molecule is Cc1ccc2c(c1)OCc1nc3ccccc3c(=O)n1-2. The second-order valence-electron chi connectivity index (χ2n) is 4.95. The van der Waals surface area contributed by atoms with Crippen LogP contribution in [-0.4, -0.2) is 9.55 Å². The summed E-state index contributed by atoms with van der Waals surface area (Å²) in [5, 5.41) is 0.629. The molecule has 0 spiro atoms. The van der Waals surface area contributed by atoms with Gasteiger partial charge in [0.2, 0.25) is 0 Å². The largest absolute Gasteiger partial charge is 0.483 e. The number of hydrogen-bond acceptors (Lipinski definition) is 3. The van der Waals surface area contributed by atoms with Gasteiger partial charge < -0.3 is 4.74 Å². The normalized spacial score (nSPS) is 12.7. The number of aryl methyl sites for hydroxylation is 1. The molecule has 0 unspecified atom stereocenters. The van der Waals surface area contributed by atoms with Crippen molar-refractivity contribution in [3.05, 3.63) is 64.2 Å². The molecule has 0 saturated carbocycles. The number of fused-ring (bicyclic) bond motifs is 4. The first-order valence-corrected chi connectivity index (χ1v) is 6.48. The summed E-state index contributed by atoms with van der Waals surface area (Å²) in [5.74, 6) is 1.38. The standard InChI is InChI=1S/C16H12N2O2/c1-10-6-7-13-14(8-10)20-9-15-17-12-5-3-2-4-11(12)16(19)18(13)15/h2-8H,9H2,1H3. The van der Waals surface area contributed by atoms with E-state index in [2.05, 4.69) is 4.98 Å². The summed E-state index contributed by atoms with van der Waals surface area (Å²) in [5.41, 5.74) is 2.54. The summed E-state index contributed by atoms with van der Waals surface area (Å²) < 4.78 is 7.37. The highest BCUT2D eigenvalue weighted by Gasteiger charge is 2.20. The molecule has 4 nitrogen and oxygen atoms in total. The third-order valence-electron chi connectivity index (χ3n) is 3.56. The Hall–Kier alpha value is -2.62. The molecular formula is C16H12N2O2. The quantitative estimate of drug-likeness (QED) is 0.627. The van der Waals surface area contributed by atoms with Gasteiger partial charge in [0, 0.05) is 0 Å². The molecule has 0 N–H and O–H groups in total. The van der Waals surface area contributed by atoms with Gasteiger partial charge in [-0.2, -0.15) is 0 Å². The average molecular weight is 264 g/mol. The van der Waals surface area contributed by atoms with Crippen LogP contribution < -0.4 is 10.3 Å². The van der Waals surface area contributed by atoms with Crippen molar-refractivity contribution in [3.8, 4) is 11.4 Å². The molecule has 2 heterocycles. The Kier molecular flexibility index (Phi) is 2.21. The summed E-state index contributed by atoms with van der Waals surface area (Å²) in [6, 6.07) is 13.2. The monoisotopic (exact) mass is 264 g/mol. The van der Waals surface area contributed by atoms with Gasteiger partial charge in [0.15, 0.2) is 5.82 Å². The molecule has 0 saturated heterocycles. The maximum absolute atomic E-state index is 12.7. The minimum atomic E-state index is -0.0426. The fraction of sp³-hybridized carbons (Fsp3) is 0.125. The van der Waals surface area contributed by atoms with Gasteiger partial charge >= 0.3 is 0 Å². The van der Waals surface area contributed by atoms with Crippen molar-refractivity contribution in [1.29, 1.82) is 0 Å². The van der Waals surface area contributed by atoms with E-state index in [0.29, 0.717) is 23.3 Å². The molecule has 98 valence electrons. The van der Waals surface area contributed by atoms with Crippen LogP contribution in [0.15, 0.2) is 47.3 Å². The number of ether oxygens (including phenoxy) is 1. The van der Waals surface area contributed by atoms with E-state index in [0.717, 1.165) is 17.0 Å². The third-order valence-corrected chi connectivity index (χ3v) is 3.56. The topological polar surface area (TPSA) is 44.1 Å². The van der Waals surface area contributed by atoms with Crippen LogP contribution in [0.5, 0.6) is 5.75 Å². The minimum absolute atomic E-state index is 0.0426.